The van der Waals surface area contributed by atoms with Gasteiger partial charge in [-0.3, -0.25) is 4.79 Å². The van der Waals surface area contributed by atoms with Gasteiger partial charge in [0.1, 0.15) is 16.2 Å². The average Bonchev–Trinajstić information content (AvgIpc) is 2.45. The summed E-state index contributed by atoms with van der Waals surface area (Å²) in [6.07, 6.45) is 2.02. The van der Waals surface area contributed by atoms with Crippen LogP contribution in [0.4, 0.5) is 0 Å². The lowest BCUT2D eigenvalue weighted by Crippen LogP contribution is -1.84. The van der Waals surface area contributed by atoms with E-state index in [1.807, 2.05) is 13.8 Å². The van der Waals surface area contributed by atoms with Crippen molar-refractivity contribution >= 4 is 28.1 Å². The SMILES string of the molecule is Cc1ncc2nc(C)sc2n1.NC=O. The number of nitrogens with two attached hydrogens (primary N) is 1. The van der Waals surface area contributed by atoms with Crippen LogP contribution < -0.4 is 5.73 Å². The predicted octanol–water partition coefficient (Wildman–Crippen LogP) is 0.805. The van der Waals surface area contributed by atoms with Crippen LogP contribution in [0.1, 0.15) is 10.8 Å². The fraction of sp³-hybridized carbons (Fsp3) is 0.250. The van der Waals surface area contributed by atoms with Crippen LogP contribution in [-0.2, 0) is 4.79 Å². The van der Waals surface area contributed by atoms with Crippen LogP contribution in [0.15, 0.2) is 6.20 Å². The first-order valence-corrected chi connectivity index (χ1v) is 4.71. The molecule has 5 nitrogen and oxygen atoms in total. The van der Waals surface area contributed by atoms with Crippen molar-refractivity contribution in [3.05, 3.63) is 17.0 Å². The molecule has 0 radical (unpaired) electrons. The van der Waals surface area contributed by atoms with Crippen molar-refractivity contribution in [3.8, 4) is 0 Å². The van der Waals surface area contributed by atoms with Crippen molar-refractivity contribution < 1.29 is 4.79 Å². The lowest BCUT2D eigenvalue weighted by molar-refractivity contribution is -0.106. The van der Waals surface area contributed by atoms with Gasteiger partial charge in [0.2, 0.25) is 6.41 Å². The molecule has 2 aromatic heterocycles. The zero-order chi connectivity index (χ0) is 10.6. The fourth-order valence-electron chi connectivity index (χ4n) is 0.927. The summed E-state index contributed by atoms with van der Waals surface area (Å²) >= 11 is 1.60. The lowest BCUT2D eigenvalue weighted by Gasteiger charge is -1.87. The summed E-state index contributed by atoms with van der Waals surface area (Å²) in [4.78, 5) is 22.1. The topological polar surface area (TPSA) is 81.8 Å². The summed E-state index contributed by atoms with van der Waals surface area (Å²) in [5.41, 5.74) is 5.07. The predicted molar refractivity (Wildman–Crippen MR) is 54.9 cm³/mol. The van der Waals surface area contributed by atoms with Crippen LogP contribution in [0.5, 0.6) is 0 Å². The van der Waals surface area contributed by atoms with Gasteiger partial charge in [-0.15, -0.1) is 0 Å². The molecule has 0 spiro atoms. The van der Waals surface area contributed by atoms with Crippen molar-refractivity contribution in [2.75, 3.05) is 0 Å². The van der Waals surface area contributed by atoms with Gasteiger partial charge in [0.05, 0.1) is 11.2 Å². The number of fused-ring (bicyclic) bond motifs is 1. The normalized spacial score (nSPS) is 9.29. The smallest absolute Gasteiger partial charge is 0.204 e. The number of nitrogens with zero attached hydrogens (tertiary/aromatic N) is 3. The Hall–Kier alpha value is -1.56. The Morgan fingerprint density at radius 3 is 2.71 bits per heavy atom. The maximum Gasteiger partial charge on any atom is 0.204 e. The van der Waals surface area contributed by atoms with Crippen molar-refractivity contribution in [2.24, 2.45) is 5.73 Å². The second kappa shape index (κ2) is 4.61. The summed E-state index contributed by atoms with van der Waals surface area (Å²) in [5, 5.41) is 1.04. The third-order valence-corrected chi connectivity index (χ3v) is 2.26. The number of thiazole rings is 1. The van der Waals surface area contributed by atoms with Crippen LogP contribution >= 0.6 is 11.3 Å². The Morgan fingerprint density at radius 2 is 2.07 bits per heavy atom. The van der Waals surface area contributed by atoms with E-state index >= 15 is 0 Å². The number of primary amides is 1. The van der Waals surface area contributed by atoms with Gasteiger partial charge < -0.3 is 5.73 Å². The minimum Gasteiger partial charge on any atom is -0.372 e. The fourth-order valence-corrected chi connectivity index (χ4v) is 1.73. The number of hydrogen-bond acceptors (Lipinski definition) is 5. The van der Waals surface area contributed by atoms with Gasteiger partial charge in [-0.05, 0) is 13.8 Å². The molecule has 2 rings (SSSR count). The van der Waals surface area contributed by atoms with Crippen molar-refractivity contribution in [1.29, 1.82) is 0 Å². The van der Waals surface area contributed by atoms with Gasteiger partial charge >= 0.3 is 0 Å². The van der Waals surface area contributed by atoms with Crippen LogP contribution in [0, 0.1) is 13.8 Å². The van der Waals surface area contributed by atoms with Gasteiger partial charge in [0, 0.05) is 0 Å². The van der Waals surface area contributed by atoms with Crippen LogP contribution in [-0.4, -0.2) is 21.4 Å². The molecular weight excluding hydrogens is 200 g/mol. The van der Waals surface area contributed by atoms with Gasteiger partial charge in [-0.1, -0.05) is 11.3 Å². The van der Waals surface area contributed by atoms with Crippen molar-refractivity contribution in [3.63, 3.8) is 0 Å². The van der Waals surface area contributed by atoms with E-state index in [-0.39, 0.29) is 6.41 Å². The molecule has 14 heavy (non-hydrogen) atoms. The first-order chi connectivity index (χ1) is 6.67. The van der Waals surface area contributed by atoms with E-state index in [0.717, 1.165) is 21.2 Å². The van der Waals surface area contributed by atoms with Gasteiger partial charge in [0.25, 0.3) is 0 Å². The van der Waals surface area contributed by atoms with Gasteiger partial charge in [0.15, 0.2) is 0 Å². The maximum absolute atomic E-state index is 8.58. The van der Waals surface area contributed by atoms with E-state index in [0.29, 0.717) is 0 Å². The Balaban J connectivity index is 0.000000293. The molecule has 0 aliphatic rings. The highest BCUT2D eigenvalue weighted by molar-refractivity contribution is 7.18. The number of aryl methyl sites for hydroxylation is 2. The molecule has 0 aliphatic heterocycles. The van der Waals surface area contributed by atoms with Gasteiger partial charge in [-0.2, -0.15) is 0 Å². The van der Waals surface area contributed by atoms with Crippen molar-refractivity contribution in [1.82, 2.24) is 15.0 Å². The Morgan fingerprint density at radius 1 is 1.43 bits per heavy atom. The monoisotopic (exact) mass is 210 g/mol. The molecule has 0 fully saturated rings. The van der Waals surface area contributed by atoms with E-state index in [9.17, 15) is 0 Å². The van der Waals surface area contributed by atoms with Crippen LogP contribution in [0.3, 0.4) is 0 Å². The molecule has 2 heterocycles. The molecule has 0 atom stereocenters. The van der Waals surface area contributed by atoms with Gasteiger partial charge in [-0.25, -0.2) is 15.0 Å². The molecule has 74 valence electrons. The Bertz CT molecular complexity index is 440. The van der Waals surface area contributed by atoms with E-state index in [2.05, 4.69) is 20.7 Å². The molecule has 0 unspecified atom stereocenters. The zero-order valence-electron chi connectivity index (χ0n) is 7.89. The summed E-state index contributed by atoms with van der Waals surface area (Å²) in [7, 11) is 0. The molecule has 0 aliphatic carbocycles. The summed E-state index contributed by atoms with van der Waals surface area (Å²) in [5.74, 6) is 0.807. The van der Waals surface area contributed by atoms with Crippen molar-refractivity contribution in [2.45, 2.75) is 13.8 Å². The third kappa shape index (κ3) is 2.46. The summed E-state index contributed by atoms with van der Waals surface area (Å²) in [6.45, 7) is 3.86. The molecule has 0 saturated heterocycles. The van der Waals surface area contributed by atoms with E-state index in [4.69, 9.17) is 4.79 Å². The minimum atomic E-state index is 0.250. The molecular formula is C8H10N4OS. The van der Waals surface area contributed by atoms with E-state index in [1.165, 1.54) is 0 Å². The van der Waals surface area contributed by atoms with E-state index in [1.54, 1.807) is 17.5 Å². The largest absolute Gasteiger partial charge is 0.372 e. The maximum atomic E-state index is 8.58. The molecule has 0 saturated carbocycles. The third-order valence-electron chi connectivity index (χ3n) is 1.38. The number of aromatic nitrogens is 3. The average molecular weight is 210 g/mol. The molecule has 1 amide bonds. The van der Waals surface area contributed by atoms with E-state index < -0.39 is 0 Å². The van der Waals surface area contributed by atoms with Crippen LogP contribution in [0.25, 0.3) is 10.3 Å². The lowest BCUT2D eigenvalue weighted by atomic mass is 10.5. The Labute approximate surface area is 85.0 Å². The van der Waals surface area contributed by atoms with Crippen LogP contribution in [0.2, 0.25) is 0 Å². The highest BCUT2D eigenvalue weighted by Crippen LogP contribution is 2.17. The quantitative estimate of drug-likeness (QED) is 0.652. The second-order valence-electron chi connectivity index (χ2n) is 2.48. The number of hydrogen-bond donors (Lipinski definition) is 1. The molecule has 2 aromatic rings. The number of carbonyl (C=O) groups is 1. The first-order valence-electron chi connectivity index (χ1n) is 3.89. The highest BCUT2D eigenvalue weighted by Gasteiger charge is 2.00. The summed E-state index contributed by atoms with van der Waals surface area (Å²) < 4.78 is 0. The first kappa shape index (κ1) is 10.5. The number of carbonyl (C=O) groups excluding carboxylic acids is 1. The minimum absolute atomic E-state index is 0.250. The second-order valence-corrected chi connectivity index (χ2v) is 3.66. The summed E-state index contributed by atoms with van der Waals surface area (Å²) in [6, 6.07) is 0. The standard InChI is InChI=1S/C7H7N3S.CH3NO/c1-4-8-3-6-7(9-4)11-5(2)10-6;2-1-3/h3H,1-2H3;1H,(H2,2,3). The molecule has 6 heteroatoms. The number of rotatable bonds is 0. The molecule has 0 bridgehead atoms. The highest BCUT2D eigenvalue weighted by atomic mass is 32.1. The molecule has 2 N–H and O–H groups in total. The molecule has 0 aromatic carbocycles. The number of amides is 1. The zero-order valence-corrected chi connectivity index (χ0v) is 8.71. The Kier molecular flexibility index (Phi) is 3.47.